The van der Waals surface area contributed by atoms with Gasteiger partial charge in [0.05, 0.1) is 6.33 Å². The first kappa shape index (κ1) is 14.5. The molecule has 108 valence electrons. The van der Waals surface area contributed by atoms with Crippen molar-refractivity contribution in [3.05, 3.63) is 18.2 Å². The van der Waals surface area contributed by atoms with Crippen molar-refractivity contribution >= 4 is 0 Å². The molecule has 1 unspecified atom stereocenters. The Morgan fingerprint density at radius 2 is 2.32 bits per heavy atom. The average molecular weight is 264 g/mol. The van der Waals surface area contributed by atoms with Crippen molar-refractivity contribution < 1.29 is 0 Å². The number of nitrogens with one attached hydrogen (secondary N) is 1. The van der Waals surface area contributed by atoms with Crippen molar-refractivity contribution in [2.24, 2.45) is 0 Å². The van der Waals surface area contributed by atoms with Gasteiger partial charge in [-0.2, -0.15) is 0 Å². The van der Waals surface area contributed by atoms with Crippen LogP contribution in [-0.2, 0) is 6.54 Å². The first-order chi connectivity index (χ1) is 9.18. The molecule has 1 saturated heterocycles. The molecule has 0 aliphatic carbocycles. The Kier molecular flexibility index (Phi) is 5.40. The second-order valence-electron chi connectivity index (χ2n) is 5.98. The van der Waals surface area contributed by atoms with E-state index in [1.54, 1.807) is 0 Å². The van der Waals surface area contributed by atoms with Gasteiger partial charge >= 0.3 is 0 Å². The van der Waals surface area contributed by atoms with Crippen molar-refractivity contribution in [2.45, 2.75) is 51.6 Å². The fourth-order valence-corrected chi connectivity index (χ4v) is 2.67. The SMILES string of the molecule is CC(C)N(C)CCCCn1cncc1C1CCNC1. The second-order valence-corrected chi connectivity index (χ2v) is 5.98. The zero-order valence-electron chi connectivity index (χ0n) is 12.6. The number of aromatic nitrogens is 2. The smallest absolute Gasteiger partial charge is 0.0948 e. The fraction of sp³-hybridized carbons (Fsp3) is 0.800. The van der Waals surface area contributed by atoms with E-state index in [0.29, 0.717) is 12.0 Å². The molecule has 1 aromatic heterocycles. The standard InChI is InChI=1S/C15H28N4/c1-13(2)18(3)8-4-5-9-19-12-17-11-15(19)14-6-7-16-10-14/h11-14,16H,4-10H2,1-3H3. The van der Waals surface area contributed by atoms with Gasteiger partial charge in [-0.25, -0.2) is 4.98 Å². The van der Waals surface area contributed by atoms with E-state index in [9.17, 15) is 0 Å². The maximum atomic E-state index is 4.33. The predicted octanol–water partition coefficient (Wildman–Crippen LogP) is 2.08. The number of imidazole rings is 1. The Bertz CT molecular complexity index is 366. The van der Waals surface area contributed by atoms with Crippen LogP contribution in [0.3, 0.4) is 0 Å². The highest BCUT2D eigenvalue weighted by Gasteiger charge is 2.19. The lowest BCUT2D eigenvalue weighted by Crippen LogP contribution is -2.27. The molecule has 0 amide bonds. The highest BCUT2D eigenvalue weighted by molar-refractivity contribution is 5.09. The largest absolute Gasteiger partial charge is 0.334 e. The first-order valence-corrected chi connectivity index (χ1v) is 7.59. The van der Waals surface area contributed by atoms with Gasteiger partial charge in [-0.3, -0.25) is 0 Å². The van der Waals surface area contributed by atoms with Crippen LogP contribution in [0.15, 0.2) is 12.5 Å². The molecule has 1 aliphatic rings. The van der Waals surface area contributed by atoms with E-state index in [2.05, 4.69) is 46.9 Å². The molecule has 2 rings (SSSR count). The molecule has 0 bridgehead atoms. The summed E-state index contributed by atoms with van der Waals surface area (Å²) in [6.07, 6.45) is 7.80. The summed E-state index contributed by atoms with van der Waals surface area (Å²) in [6.45, 7) is 9.06. The van der Waals surface area contributed by atoms with Crippen molar-refractivity contribution in [3.8, 4) is 0 Å². The molecule has 0 aromatic carbocycles. The molecular formula is C15H28N4. The van der Waals surface area contributed by atoms with E-state index < -0.39 is 0 Å². The molecule has 1 N–H and O–H groups in total. The quantitative estimate of drug-likeness (QED) is 0.766. The van der Waals surface area contributed by atoms with Crippen LogP contribution in [-0.4, -0.2) is 47.2 Å². The molecule has 4 nitrogen and oxygen atoms in total. The predicted molar refractivity (Wildman–Crippen MR) is 79.5 cm³/mol. The van der Waals surface area contributed by atoms with Gasteiger partial charge in [-0.15, -0.1) is 0 Å². The van der Waals surface area contributed by atoms with Gasteiger partial charge in [0, 0.05) is 36.9 Å². The lowest BCUT2D eigenvalue weighted by atomic mass is 10.1. The summed E-state index contributed by atoms with van der Waals surface area (Å²) in [5.74, 6) is 0.667. The van der Waals surface area contributed by atoms with E-state index in [1.165, 1.54) is 31.5 Å². The van der Waals surface area contributed by atoms with E-state index in [0.717, 1.165) is 19.6 Å². The highest BCUT2D eigenvalue weighted by Crippen LogP contribution is 2.22. The zero-order chi connectivity index (χ0) is 13.7. The third-order valence-electron chi connectivity index (χ3n) is 4.26. The lowest BCUT2D eigenvalue weighted by molar-refractivity contribution is 0.266. The van der Waals surface area contributed by atoms with Crippen LogP contribution in [0.5, 0.6) is 0 Å². The normalized spacial score (nSPS) is 19.7. The minimum atomic E-state index is 0.647. The van der Waals surface area contributed by atoms with Crippen LogP contribution in [0.1, 0.15) is 44.7 Å². The van der Waals surface area contributed by atoms with Gasteiger partial charge in [0.15, 0.2) is 0 Å². The van der Waals surface area contributed by atoms with Crippen molar-refractivity contribution in [1.29, 1.82) is 0 Å². The third-order valence-corrected chi connectivity index (χ3v) is 4.26. The van der Waals surface area contributed by atoms with Crippen molar-refractivity contribution in [1.82, 2.24) is 19.8 Å². The Hall–Kier alpha value is -0.870. The Labute approximate surface area is 117 Å². The number of nitrogens with zero attached hydrogens (tertiary/aromatic N) is 3. The van der Waals surface area contributed by atoms with Gasteiger partial charge in [0.1, 0.15) is 0 Å². The topological polar surface area (TPSA) is 33.1 Å². The Balaban J connectivity index is 1.75. The van der Waals surface area contributed by atoms with Crippen molar-refractivity contribution in [3.63, 3.8) is 0 Å². The molecule has 1 aliphatic heterocycles. The summed E-state index contributed by atoms with van der Waals surface area (Å²) < 4.78 is 2.35. The van der Waals surface area contributed by atoms with Gasteiger partial charge in [-0.05, 0) is 53.2 Å². The summed E-state index contributed by atoms with van der Waals surface area (Å²) in [4.78, 5) is 6.75. The van der Waals surface area contributed by atoms with Gasteiger partial charge in [0.25, 0.3) is 0 Å². The van der Waals surface area contributed by atoms with E-state index in [4.69, 9.17) is 0 Å². The van der Waals surface area contributed by atoms with Crippen LogP contribution < -0.4 is 5.32 Å². The number of hydrogen-bond acceptors (Lipinski definition) is 3. The van der Waals surface area contributed by atoms with Crippen LogP contribution in [0.25, 0.3) is 0 Å². The maximum absolute atomic E-state index is 4.33. The molecule has 0 radical (unpaired) electrons. The van der Waals surface area contributed by atoms with Gasteiger partial charge in [-0.1, -0.05) is 0 Å². The van der Waals surface area contributed by atoms with Gasteiger partial charge < -0.3 is 14.8 Å². The summed E-state index contributed by atoms with van der Waals surface area (Å²) in [6, 6.07) is 0.647. The average Bonchev–Trinajstić information content (AvgIpc) is 3.04. The molecule has 0 saturated carbocycles. The van der Waals surface area contributed by atoms with Crippen LogP contribution in [0.4, 0.5) is 0 Å². The van der Waals surface area contributed by atoms with Gasteiger partial charge in [0.2, 0.25) is 0 Å². The third kappa shape index (κ3) is 4.05. The second kappa shape index (κ2) is 7.06. The lowest BCUT2D eigenvalue weighted by Gasteiger charge is -2.21. The Morgan fingerprint density at radius 3 is 3.00 bits per heavy atom. The van der Waals surface area contributed by atoms with E-state index >= 15 is 0 Å². The minimum absolute atomic E-state index is 0.647. The molecule has 1 aromatic rings. The number of unbranched alkanes of at least 4 members (excludes halogenated alkanes) is 1. The molecule has 0 spiro atoms. The summed E-state index contributed by atoms with van der Waals surface area (Å²) in [5.41, 5.74) is 1.42. The molecule has 4 heteroatoms. The summed E-state index contributed by atoms with van der Waals surface area (Å²) >= 11 is 0. The fourth-order valence-electron chi connectivity index (χ4n) is 2.67. The molecule has 1 fully saturated rings. The zero-order valence-corrected chi connectivity index (χ0v) is 12.6. The summed E-state index contributed by atoms with van der Waals surface area (Å²) in [7, 11) is 2.21. The van der Waals surface area contributed by atoms with Crippen LogP contribution in [0.2, 0.25) is 0 Å². The molecule has 19 heavy (non-hydrogen) atoms. The molecule has 2 heterocycles. The minimum Gasteiger partial charge on any atom is -0.334 e. The Morgan fingerprint density at radius 1 is 1.47 bits per heavy atom. The maximum Gasteiger partial charge on any atom is 0.0948 e. The van der Waals surface area contributed by atoms with Crippen LogP contribution >= 0.6 is 0 Å². The monoisotopic (exact) mass is 264 g/mol. The van der Waals surface area contributed by atoms with Crippen molar-refractivity contribution in [2.75, 3.05) is 26.7 Å². The number of aryl methyl sites for hydroxylation is 1. The van der Waals surface area contributed by atoms with E-state index in [1.807, 2.05) is 6.33 Å². The number of hydrogen-bond donors (Lipinski definition) is 1. The molecule has 1 atom stereocenters. The summed E-state index contributed by atoms with van der Waals surface area (Å²) in [5, 5.41) is 3.43. The van der Waals surface area contributed by atoms with E-state index in [-0.39, 0.29) is 0 Å². The number of rotatable bonds is 7. The van der Waals surface area contributed by atoms with Crippen LogP contribution in [0, 0.1) is 0 Å². The highest BCUT2D eigenvalue weighted by atomic mass is 15.1. The molecular weight excluding hydrogens is 236 g/mol. The first-order valence-electron chi connectivity index (χ1n) is 7.59.